The van der Waals surface area contributed by atoms with Crippen LogP contribution in [0.1, 0.15) is 33.0 Å². The normalized spacial score (nSPS) is 15.7. The summed E-state index contributed by atoms with van der Waals surface area (Å²) in [6.07, 6.45) is 4.76. The van der Waals surface area contributed by atoms with E-state index in [0.717, 1.165) is 17.7 Å². The van der Waals surface area contributed by atoms with Crippen molar-refractivity contribution in [3.8, 4) is 0 Å². The Kier molecular flexibility index (Phi) is 1.89. The fourth-order valence-electron chi connectivity index (χ4n) is 1.61. The summed E-state index contributed by atoms with van der Waals surface area (Å²) in [6.45, 7) is 0. The van der Waals surface area contributed by atoms with E-state index in [0.29, 0.717) is 0 Å². The second-order valence-corrected chi connectivity index (χ2v) is 4.27. The largest absolute Gasteiger partial charge is 0.365 e. The van der Waals surface area contributed by atoms with Crippen molar-refractivity contribution in [2.75, 3.05) is 0 Å². The summed E-state index contributed by atoms with van der Waals surface area (Å²) in [5.41, 5.74) is 6.54. The van der Waals surface area contributed by atoms with Crippen LogP contribution in [0.2, 0.25) is 0 Å². The predicted molar refractivity (Wildman–Crippen MR) is 49.5 cm³/mol. The standard InChI is InChI=1S/C9H11NOS/c10-9(11)8-5-6-3-1-2-4-7(6)12-8/h5H,1-4H2,(H2,10,11). The zero-order chi connectivity index (χ0) is 8.55. The maximum absolute atomic E-state index is 10.9. The van der Waals surface area contributed by atoms with Crippen molar-refractivity contribution in [1.82, 2.24) is 0 Å². The number of nitrogens with two attached hydrogens (primary N) is 1. The highest BCUT2D eigenvalue weighted by atomic mass is 32.1. The van der Waals surface area contributed by atoms with Crippen LogP contribution in [0, 0.1) is 0 Å². The molecule has 12 heavy (non-hydrogen) atoms. The molecule has 0 fully saturated rings. The number of primary amides is 1. The number of thiophene rings is 1. The van der Waals surface area contributed by atoms with Gasteiger partial charge in [-0.25, -0.2) is 0 Å². The molecule has 1 heterocycles. The highest BCUT2D eigenvalue weighted by Crippen LogP contribution is 2.29. The topological polar surface area (TPSA) is 43.1 Å². The van der Waals surface area contributed by atoms with E-state index in [9.17, 15) is 4.79 Å². The lowest BCUT2D eigenvalue weighted by atomic mass is 9.99. The van der Waals surface area contributed by atoms with Crippen LogP contribution in [0.3, 0.4) is 0 Å². The molecule has 0 unspecified atom stereocenters. The Morgan fingerprint density at radius 1 is 1.42 bits per heavy atom. The van der Waals surface area contributed by atoms with E-state index in [1.165, 1.54) is 23.3 Å². The molecule has 0 saturated heterocycles. The lowest BCUT2D eigenvalue weighted by Crippen LogP contribution is -2.08. The fourth-order valence-corrected chi connectivity index (χ4v) is 2.72. The smallest absolute Gasteiger partial charge is 0.258 e. The van der Waals surface area contributed by atoms with Gasteiger partial charge in [-0.3, -0.25) is 4.79 Å². The molecule has 2 N–H and O–H groups in total. The average Bonchev–Trinajstić information content (AvgIpc) is 2.46. The SMILES string of the molecule is NC(=O)c1cc2c(s1)CCCC2. The van der Waals surface area contributed by atoms with Crippen LogP contribution in [0.4, 0.5) is 0 Å². The van der Waals surface area contributed by atoms with Gasteiger partial charge in [-0.1, -0.05) is 0 Å². The van der Waals surface area contributed by atoms with Crippen molar-refractivity contribution < 1.29 is 4.79 Å². The number of carbonyl (C=O) groups is 1. The molecule has 64 valence electrons. The number of aryl methyl sites for hydroxylation is 2. The molecule has 2 nitrogen and oxygen atoms in total. The van der Waals surface area contributed by atoms with Gasteiger partial charge in [-0.2, -0.15) is 0 Å². The molecule has 1 amide bonds. The molecule has 0 spiro atoms. The second kappa shape index (κ2) is 2.90. The maximum atomic E-state index is 10.9. The van der Waals surface area contributed by atoms with E-state index in [-0.39, 0.29) is 5.91 Å². The fraction of sp³-hybridized carbons (Fsp3) is 0.444. The number of carbonyl (C=O) groups excluding carboxylic acids is 1. The maximum Gasteiger partial charge on any atom is 0.258 e. The lowest BCUT2D eigenvalue weighted by Gasteiger charge is -2.08. The summed E-state index contributed by atoms with van der Waals surface area (Å²) in [5.74, 6) is -0.283. The van der Waals surface area contributed by atoms with Crippen molar-refractivity contribution in [1.29, 1.82) is 0 Å². The van der Waals surface area contributed by atoms with Gasteiger partial charge in [0.1, 0.15) is 0 Å². The Hall–Kier alpha value is -0.830. The molecule has 3 heteroatoms. The summed E-state index contributed by atoms with van der Waals surface area (Å²) < 4.78 is 0. The van der Waals surface area contributed by atoms with Gasteiger partial charge in [0, 0.05) is 4.88 Å². The van der Waals surface area contributed by atoms with Gasteiger partial charge < -0.3 is 5.73 Å². The van der Waals surface area contributed by atoms with Gasteiger partial charge >= 0.3 is 0 Å². The minimum atomic E-state index is -0.283. The first-order valence-corrected chi connectivity index (χ1v) is 5.00. The Morgan fingerprint density at radius 2 is 2.17 bits per heavy atom. The van der Waals surface area contributed by atoms with Gasteiger partial charge in [-0.05, 0) is 37.3 Å². The first kappa shape index (κ1) is 7.80. The van der Waals surface area contributed by atoms with E-state index in [1.807, 2.05) is 6.07 Å². The summed E-state index contributed by atoms with van der Waals surface area (Å²) in [5, 5.41) is 0. The molecule has 2 rings (SSSR count). The summed E-state index contributed by atoms with van der Waals surface area (Å²) in [7, 11) is 0. The van der Waals surface area contributed by atoms with Crippen molar-refractivity contribution in [2.45, 2.75) is 25.7 Å². The number of hydrogen-bond acceptors (Lipinski definition) is 2. The number of rotatable bonds is 1. The van der Waals surface area contributed by atoms with Crippen LogP contribution >= 0.6 is 11.3 Å². The van der Waals surface area contributed by atoms with Gasteiger partial charge in [0.05, 0.1) is 4.88 Å². The minimum Gasteiger partial charge on any atom is -0.365 e. The molecule has 1 aromatic rings. The van der Waals surface area contributed by atoms with E-state index >= 15 is 0 Å². The first-order chi connectivity index (χ1) is 5.77. The first-order valence-electron chi connectivity index (χ1n) is 4.19. The third-order valence-corrected chi connectivity index (χ3v) is 3.49. The van der Waals surface area contributed by atoms with E-state index in [4.69, 9.17) is 5.73 Å². The van der Waals surface area contributed by atoms with Crippen LogP contribution in [-0.4, -0.2) is 5.91 Å². The highest BCUT2D eigenvalue weighted by Gasteiger charge is 2.14. The van der Waals surface area contributed by atoms with Crippen molar-refractivity contribution >= 4 is 17.2 Å². The Morgan fingerprint density at radius 3 is 2.83 bits per heavy atom. The molecular formula is C9H11NOS. The summed E-state index contributed by atoms with van der Waals surface area (Å²) >= 11 is 1.57. The third kappa shape index (κ3) is 1.25. The third-order valence-electron chi connectivity index (χ3n) is 2.24. The van der Waals surface area contributed by atoms with Gasteiger partial charge in [0.25, 0.3) is 5.91 Å². The quantitative estimate of drug-likeness (QED) is 0.704. The van der Waals surface area contributed by atoms with E-state index in [1.54, 1.807) is 11.3 Å². The number of amides is 1. The van der Waals surface area contributed by atoms with Crippen molar-refractivity contribution in [2.24, 2.45) is 5.73 Å². The van der Waals surface area contributed by atoms with Crippen LogP contribution in [0.25, 0.3) is 0 Å². The molecule has 1 aliphatic carbocycles. The number of fused-ring (bicyclic) bond motifs is 1. The minimum absolute atomic E-state index is 0.283. The molecule has 0 bridgehead atoms. The van der Waals surface area contributed by atoms with E-state index in [2.05, 4.69) is 0 Å². The zero-order valence-corrected chi connectivity index (χ0v) is 7.62. The molecule has 1 aliphatic rings. The van der Waals surface area contributed by atoms with Crippen LogP contribution in [0.15, 0.2) is 6.07 Å². The molecule has 0 aliphatic heterocycles. The zero-order valence-electron chi connectivity index (χ0n) is 6.80. The lowest BCUT2D eigenvalue weighted by molar-refractivity contribution is 0.100. The molecule has 0 atom stereocenters. The molecule has 0 saturated carbocycles. The predicted octanol–water partition coefficient (Wildman–Crippen LogP) is 1.73. The molecule has 0 radical (unpaired) electrons. The van der Waals surface area contributed by atoms with Gasteiger partial charge in [0.15, 0.2) is 0 Å². The van der Waals surface area contributed by atoms with E-state index < -0.39 is 0 Å². The second-order valence-electron chi connectivity index (χ2n) is 3.13. The Bertz CT molecular complexity index is 293. The highest BCUT2D eigenvalue weighted by molar-refractivity contribution is 7.14. The van der Waals surface area contributed by atoms with Crippen LogP contribution in [0.5, 0.6) is 0 Å². The van der Waals surface area contributed by atoms with Crippen LogP contribution < -0.4 is 5.73 Å². The molecular weight excluding hydrogens is 170 g/mol. The number of hydrogen-bond donors (Lipinski definition) is 1. The molecule has 0 aromatic carbocycles. The van der Waals surface area contributed by atoms with Crippen LogP contribution in [-0.2, 0) is 12.8 Å². The van der Waals surface area contributed by atoms with Crippen molar-refractivity contribution in [3.63, 3.8) is 0 Å². The Labute approximate surface area is 75.4 Å². The summed E-state index contributed by atoms with van der Waals surface area (Å²) in [6, 6.07) is 1.96. The van der Waals surface area contributed by atoms with Crippen molar-refractivity contribution in [3.05, 3.63) is 21.4 Å². The van der Waals surface area contributed by atoms with Gasteiger partial charge in [-0.15, -0.1) is 11.3 Å². The Balaban J connectivity index is 2.38. The molecule has 1 aromatic heterocycles. The average molecular weight is 181 g/mol. The summed E-state index contributed by atoms with van der Waals surface area (Å²) in [4.78, 5) is 12.9. The monoisotopic (exact) mass is 181 g/mol. The van der Waals surface area contributed by atoms with Gasteiger partial charge in [0.2, 0.25) is 0 Å².